The summed E-state index contributed by atoms with van der Waals surface area (Å²) in [7, 11) is 0. The highest BCUT2D eigenvalue weighted by Crippen LogP contribution is 2.13. The molecule has 0 spiro atoms. The second-order valence-electron chi connectivity index (χ2n) is 5.02. The fourth-order valence-corrected chi connectivity index (χ4v) is 2.15. The van der Waals surface area contributed by atoms with Crippen molar-refractivity contribution in [2.24, 2.45) is 10.7 Å². The van der Waals surface area contributed by atoms with E-state index in [0.29, 0.717) is 18.1 Å². The summed E-state index contributed by atoms with van der Waals surface area (Å²) in [6.07, 6.45) is 0. The molecule has 0 aliphatic carbocycles. The molecule has 0 unspecified atom stereocenters. The molecule has 0 aliphatic rings. The van der Waals surface area contributed by atoms with Crippen molar-refractivity contribution in [1.29, 1.82) is 5.26 Å². The molecule has 0 heterocycles. The molecule has 114 valence electrons. The lowest BCUT2D eigenvalue weighted by molar-refractivity contribution is 1.06. The number of halogens is 1. The van der Waals surface area contributed by atoms with Crippen molar-refractivity contribution in [3.63, 3.8) is 0 Å². The zero-order valence-electron chi connectivity index (χ0n) is 12.6. The number of aliphatic imine (C=N–C) groups is 1. The summed E-state index contributed by atoms with van der Waals surface area (Å²) in [6.45, 7) is 4.52. The molecular weight excluding hydrogens is 387 g/mol. The molecule has 0 saturated heterocycles. The van der Waals surface area contributed by atoms with E-state index in [0.717, 1.165) is 11.3 Å². The van der Waals surface area contributed by atoms with Crippen LogP contribution in [0, 0.1) is 25.2 Å². The second kappa shape index (κ2) is 8.39. The van der Waals surface area contributed by atoms with Crippen molar-refractivity contribution < 1.29 is 0 Å². The summed E-state index contributed by atoms with van der Waals surface area (Å²) in [5, 5.41) is 11.9. The predicted molar refractivity (Wildman–Crippen MR) is 101 cm³/mol. The lowest BCUT2D eigenvalue weighted by Crippen LogP contribution is -2.22. The van der Waals surface area contributed by atoms with E-state index in [1.807, 2.05) is 44.2 Å². The molecule has 22 heavy (non-hydrogen) atoms. The number of nitrogens with one attached hydrogen (secondary N) is 1. The Bertz CT molecular complexity index is 697. The number of guanidine groups is 1. The molecule has 0 saturated carbocycles. The smallest absolute Gasteiger partial charge is 0.193 e. The van der Waals surface area contributed by atoms with E-state index in [-0.39, 0.29) is 24.0 Å². The minimum absolute atomic E-state index is 0. The van der Waals surface area contributed by atoms with Gasteiger partial charge in [-0.2, -0.15) is 5.26 Å². The quantitative estimate of drug-likeness (QED) is 0.464. The molecule has 4 nitrogen and oxygen atoms in total. The molecule has 0 aliphatic heterocycles. The van der Waals surface area contributed by atoms with Crippen molar-refractivity contribution in [3.05, 3.63) is 64.7 Å². The number of nitrogens with two attached hydrogens (primary N) is 1. The monoisotopic (exact) mass is 406 g/mol. The Morgan fingerprint density at radius 3 is 2.50 bits per heavy atom. The van der Waals surface area contributed by atoms with E-state index >= 15 is 0 Å². The zero-order chi connectivity index (χ0) is 15.2. The van der Waals surface area contributed by atoms with Crippen LogP contribution in [0.5, 0.6) is 0 Å². The van der Waals surface area contributed by atoms with E-state index in [9.17, 15) is 0 Å². The summed E-state index contributed by atoms with van der Waals surface area (Å²) >= 11 is 0. The van der Waals surface area contributed by atoms with Gasteiger partial charge in [0.15, 0.2) is 5.96 Å². The standard InChI is InChI=1S/C17H18N4.HI/c1-12-6-13(2)8-16(7-12)21-17(19)20-11-15-5-3-4-14(9-15)10-18;/h3-9H,11H2,1-2H3,(H3,19,20,21);1H. The number of benzene rings is 2. The van der Waals surface area contributed by atoms with Gasteiger partial charge < -0.3 is 11.1 Å². The van der Waals surface area contributed by atoms with E-state index in [1.54, 1.807) is 6.07 Å². The van der Waals surface area contributed by atoms with Crippen molar-refractivity contribution in [2.75, 3.05) is 5.32 Å². The van der Waals surface area contributed by atoms with Crippen LogP contribution in [0.1, 0.15) is 22.3 Å². The largest absolute Gasteiger partial charge is 0.370 e. The van der Waals surface area contributed by atoms with Gasteiger partial charge in [0.25, 0.3) is 0 Å². The normalized spacial score (nSPS) is 10.5. The van der Waals surface area contributed by atoms with Gasteiger partial charge in [0, 0.05) is 5.69 Å². The minimum Gasteiger partial charge on any atom is -0.370 e. The molecule has 0 radical (unpaired) electrons. The molecule has 2 aromatic rings. The summed E-state index contributed by atoms with van der Waals surface area (Å²) in [5.41, 5.74) is 10.8. The number of rotatable bonds is 3. The summed E-state index contributed by atoms with van der Waals surface area (Å²) in [5.74, 6) is 0.363. The SMILES string of the molecule is Cc1cc(C)cc(NC(N)=NCc2cccc(C#N)c2)c1.I. The number of aryl methyl sites for hydroxylation is 2. The first-order valence-electron chi connectivity index (χ1n) is 6.71. The van der Waals surface area contributed by atoms with Gasteiger partial charge in [-0.3, -0.25) is 0 Å². The second-order valence-corrected chi connectivity index (χ2v) is 5.02. The van der Waals surface area contributed by atoms with E-state index in [4.69, 9.17) is 11.0 Å². The predicted octanol–water partition coefficient (Wildman–Crippen LogP) is 3.72. The molecular formula is C17H19IN4. The van der Waals surface area contributed by atoms with Gasteiger partial charge in [-0.25, -0.2) is 4.99 Å². The molecule has 0 atom stereocenters. The molecule has 0 aromatic heterocycles. The Hall–Kier alpha value is -2.07. The highest BCUT2D eigenvalue weighted by Gasteiger charge is 1.99. The van der Waals surface area contributed by atoms with Crippen LogP contribution in [0.25, 0.3) is 0 Å². The van der Waals surface area contributed by atoms with Gasteiger partial charge >= 0.3 is 0 Å². The van der Waals surface area contributed by atoms with Crippen LogP contribution in [0.15, 0.2) is 47.5 Å². The fraction of sp³-hybridized carbons (Fsp3) is 0.176. The number of hydrogen-bond acceptors (Lipinski definition) is 2. The third-order valence-electron chi connectivity index (χ3n) is 2.98. The van der Waals surface area contributed by atoms with Crippen LogP contribution in [-0.4, -0.2) is 5.96 Å². The average molecular weight is 406 g/mol. The first-order chi connectivity index (χ1) is 10.1. The van der Waals surface area contributed by atoms with E-state index in [2.05, 4.69) is 22.4 Å². The number of hydrogen-bond donors (Lipinski definition) is 2. The van der Waals surface area contributed by atoms with Gasteiger partial charge in [0.05, 0.1) is 18.2 Å². The Balaban J connectivity index is 0.00000242. The van der Waals surface area contributed by atoms with Gasteiger partial charge in [0.1, 0.15) is 0 Å². The van der Waals surface area contributed by atoms with Gasteiger partial charge in [0.2, 0.25) is 0 Å². The van der Waals surface area contributed by atoms with Gasteiger partial charge in [-0.1, -0.05) is 18.2 Å². The minimum atomic E-state index is 0. The zero-order valence-corrected chi connectivity index (χ0v) is 15.0. The van der Waals surface area contributed by atoms with E-state index < -0.39 is 0 Å². The third kappa shape index (κ3) is 5.37. The first-order valence-corrected chi connectivity index (χ1v) is 6.71. The van der Waals surface area contributed by atoms with Crippen LogP contribution in [0.4, 0.5) is 5.69 Å². The summed E-state index contributed by atoms with van der Waals surface area (Å²) in [6, 6.07) is 15.6. The lowest BCUT2D eigenvalue weighted by Gasteiger charge is -2.08. The summed E-state index contributed by atoms with van der Waals surface area (Å²) < 4.78 is 0. The van der Waals surface area contributed by atoms with Crippen LogP contribution in [0.2, 0.25) is 0 Å². The molecule has 5 heteroatoms. The van der Waals surface area contributed by atoms with Crippen molar-refractivity contribution in [2.45, 2.75) is 20.4 Å². The maximum absolute atomic E-state index is 8.86. The Morgan fingerprint density at radius 2 is 1.86 bits per heavy atom. The molecule has 2 rings (SSSR count). The van der Waals surface area contributed by atoms with Crippen LogP contribution >= 0.6 is 24.0 Å². The summed E-state index contributed by atoms with van der Waals surface area (Å²) in [4.78, 5) is 4.30. The number of nitriles is 1. The molecule has 0 fully saturated rings. The first kappa shape index (κ1) is 18.0. The lowest BCUT2D eigenvalue weighted by atomic mass is 10.1. The van der Waals surface area contributed by atoms with Crippen molar-refractivity contribution in [1.82, 2.24) is 0 Å². The Morgan fingerprint density at radius 1 is 1.18 bits per heavy atom. The molecule has 2 aromatic carbocycles. The topological polar surface area (TPSA) is 74.2 Å². The maximum Gasteiger partial charge on any atom is 0.193 e. The third-order valence-corrected chi connectivity index (χ3v) is 2.98. The molecule has 0 amide bonds. The number of anilines is 1. The van der Waals surface area contributed by atoms with Crippen LogP contribution in [0.3, 0.4) is 0 Å². The van der Waals surface area contributed by atoms with Crippen LogP contribution < -0.4 is 11.1 Å². The molecule has 0 bridgehead atoms. The van der Waals surface area contributed by atoms with Crippen molar-refractivity contribution in [3.8, 4) is 6.07 Å². The Kier molecular flexibility index (Phi) is 6.86. The van der Waals surface area contributed by atoms with Crippen molar-refractivity contribution >= 4 is 35.6 Å². The highest BCUT2D eigenvalue weighted by atomic mass is 127. The molecule has 3 N–H and O–H groups in total. The van der Waals surface area contributed by atoms with Gasteiger partial charge in [-0.05, 0) is 54.8 Å². The fourth-order valence-electron chi connectivity index (χ4n) is 2.15. The highest BCUT2D eigenvalue weighted by molar-refractivity contribution is 14.0. The average Bonchev–Trinajstić information content (AvgIpc) is 2.44. The Labute approximate surface area is 148 Å². The van der Waals surface area contributed by atoms with E-state index in [1.165, 1.54) is 11.1 Å². The maximum atomic E-state index is 8.86. The van der Waals surface area contributed by atoms with Crippen LogP contribution in [-0.2, 0) is 6.54 Å². The van der Waals surface area contributed by atoms with Gasteiger partial charge in [-0.15, -0.1) is 24.0 Å². The number of nitrogens with zero attached hydrogens (tertiary/aromatic N) is 2.